The molecule has 2 aromatic rings. The number of aromatic hydroxyl groups is 1. The highest BCUT2D eigenvalue weighted by Crippen LogP contribution is 2.26. The van der Waals surface area contributed by atoms with Gasteiger partial charge in [0.25, 0.3) is 0 Å². The maximum absolute atomic E-state index is 10.1. The Balaban J connectivity index is 0.00000363. The second-order valence-electron chi connectivity index (χ2n) is 7.60. The molecule has 1 saturated heterocycles. The fourth-order valence-electron chi connectivity index (χ4n) is 3.85. The Kier molecular flexibility index (Phi) is 10.9. The standard InChI is InChI=1S/C24H34N4O3.HI/c1-4-25-24(26-16-19-15-21(31-3)11-12-23(19)29)27-17-22(28-13-5-6-14-28)18-7-9-20(30-2)10-8-18;/h7-12,15,22,29H,4-6,13-14,16-17H2,1-3H3,(H2,25,26,27);1H. The van der Waals surface area contributed by atoms with Gasteiger partial charge >= 0.3 is 0 Å². The van der Waals surface area contributed by atoms with Crippen LogP contribution in [0.3, 0.4) is 0 Å². The third-order valence-corrected chi connectivity index (χ3v) is 5.58. The summed E-state index contributed by atoms with van der Waals surface area (Å²) in [5.41, 5.74) is 1.99. The van der Waals surface area contributed by atoms with E-state index in [0.717, 1.165) is 43.5 Å². The second-order valence-corrected chi connectivity index (χ2v) is 7.60. The Labute approximate surface area is 208 Å². The molecular formula is C24H35IN4O3. The molecule has 1 unspecified atom stereocenters. The molecule has 1 fully saturated rings. The zero-order chi connectivity index (χ0) is 22.1. The van der Waals surface area contributed by atoms with Crippen LogP contribution in [0.2, 0.25) is 0 Å². The molecule has 1 aliphatic heterocycles. The summed E-state index contributed by atoms with van der Waals surface area (Å²) in [5, 5.41) is 16.9. The maximum atomic E-state index is 10.1. The van der Waals surface area contributed by atoms with Crippen LogP contribution in [0.1, 0.15) is 36.9 Å². The van der Waals surface area contributed by atoms with Crippen molar-refractivity contribution in [1.29, 1.82) is 0 Å². The molecule has 0 radical (unpaired) electrons. The van der Waals surface area contributed by atoms with Gasteiger partial charge in [0.2, 0.25) is 0 Å². The average molecular weight is 554 g/mol. The molecule has 1 aliphatic rings. The summed E-state index contributed by atoms with van der Waals surface area (Å²) in [6, 6.07) is 13.8. The van der Waals surface area contributed by atoms with Gasteiger partial charge < -0.3 is 25.2 Å². The van der Waals surface area contributed by atoms with Gasteiger partial charge in [-0.15, -0.1) is 24.0 Å². The van der Waals surface area contributed by atoms with Gasteiger partial charge in [-0.2, -0.15) is 0 Å². The van der Waals surface area contributed by atoms with E-state index in [1.807, 2.05) is 25.1 Å². The van der Waals surface area contributed by atoms with Crippen molar-refractivity contribution >= 4 is 29.9 Å². The van der Waals surface area contributed by atoms with Gasteiger partial charge in [-0.25, -0.2) is 4.99 Å². The fraction of sp³-hybridized carbons (Fsp3) is 0.458. The molecule has 176 valence electrons. The number of phenolic OH excluding ortho intramolecular Hbond substituents is 1. The van der Waals surface area contributed by atoms with Crippen LogP contribution in [0.25, 0.3) is 0 Å². The predicted molar refractivity (Wildman–Crippen MR) is 139 cm³/mol. The maximum Gasteiger partial charge on any atom is 0.191 e. The number of methoxy groups -OCH3 is 2. The minimum Gasteiger partial charge on any atom is -0.508 e. The summed E-state index contributed by atoms with van der Waals surface area (Å²) in [6.45, 7) is 6.10. The first kappa shape index (κ1) is 26.1. The monoisotopic (exact) mass is 554 g/mol. The van der Waals surface area contributed by atoms with Crippen molar-refractivity contribution in [3.63, 3.8) is 0 Å². The number of guanidine groups is 1. The van der Waals surface area contributed by atoms with Crippen LogP contribution in [0.4, 0.5) is 0 Å². The van der Waals surface area contributed by atoms with Crippen molar-refractivity contribution < 1.29 is 14.6 Å². The highest BCUT2D eigenvalue weighted by molar-refractivity contribution is 14.0. The topological polar surface area (TPSA) is 78.4 Å². The summed E-state index contributed by atoms with van der Waals surface area (Å²) in [6.07, 6.45) is 2.46. The van der Waals surface area contributed by atoms with Gasteiger partial charge in [-0.3, -0.25) is 4.90 Å². The first-order valence-corrected chi connectivity index (χ1v) is 10.9. The normalized spacial score (nSPS) is 15.0. The molecule has 0 aromatic heterocycles. The Morgan fingerprint density at radius 2 is 1.69 bits per heavy atom. The number of hydrogen-bond acceptors (Lipinski definition) is 5. The lowest BCUT2D eigenvalue weighted by Gasteiger charge is -2.29. The highest BCUT2D eigenvalue weighted by Gasteiger charge is 2.23. The number of halogens is 1. The van der Waals surface area contributed by atoms with Crippen LogP contribution in [-0.4, -0.2) is 56.4 Å². The van der Waals surface area contributed by atoms with E-state index in [1.54, 1.807) is 26.4 Å². The molecule has 0 amide bonds. The summed E-state index contributed by atoms with van der Waals surface area (Å²) in [4.78, 5) is 7.20. The van der Waals surface area contributed by atoms with Crippen molar-refractivity contribution in [2.45, 2.75) is 32.4 Å². The number of benzene rings is 2. The Morgan fingerprint density at radius 3 is 2.31 bits per heavy atom. The van der Waals surface area contributed by atoms with E-state index in [4.69, 9.17) is 9.47 Å². The van der Waals surface area contributed by atoms with Crippen LogP contribution in [0, 0.1) is 0 Å². The first-order chi connectivity index (χ1) is 15.1. The van der Waals surface area contributed by atoms with Gasteiger partial charge in [0.05, 0.1) is 26.8 Å². The van der Waals surface area contributed by atoms with Crippen LogP contribution in [-0.2, 0) is 6.54 Å². The van der Waals surface area contributed by atoms with E-state index >= 15 is 0 Å². The molecule has 0 saturated carbocycles. The summed E-state index contributed by atoms with van der Waals surface area (Å²) >= 11 is 0. The van der Waals surface area contributed by atoms with E-state index in [0.29, 0.717) is 12.3 Å². The molecule has 7 nitrogen and oxygen atoms in total. The molecule has 0 bridgehead atoms. The Hall–Kier alpha value is -2.20. The lowest BCUT2D eigenvalue weighted by atomic mass is 10.1. The molecule has 32 heavy (non-hydrogen) atoms. The molecule has 3 N–H and O–H groups in total. The summed E-state index contributed by atoms with van der Waals surface area (Å²) < 4.78 is 10.6. The number of ether oxygens (including phenoxy) is 2. The van der Waals surface area contributed by atoms with Crippen molar-refractivity contribution in [1.82, 2.24) is 15.5 Å². The number of likely N-dealkylation sites (tertiary alicyclic amines) is 1. The van der Waals surface area contributed by atoms with Gasteiger partial charge in [0.1, 0.15) is 17.2 Å². The van der Waals surface area contributed by atoms with E-state index in [9.17, 15) is 5.11 Å². The van der Waals surface area contributed by atoms with E-state index in [2.05, 4.69) is 32.7 Å². The minimum atomic E-state index is 0. The molecule has 8 heteroatoms. The third-order valence-electron chi connectivity index (χ3n) is 5.58. The van der Waals surface area contributed by atoms with Crippen LogP contribution < -0.4 is 20.1 Å². The van der Waals surface area contributed by atoms with E-state index in [1.165, 1.54) is 18.4 Å². The number of hydrogen-bond donors (Lipinski definition) is 3. The van der Waals surface area contributed by atoms with Gasteiger partial charge in [0, 0.05) is 18.7 Å². The smallest absolute Gasteiger partial charge is 0.191 e. The zero-order valence-corrected chi connectivity index (χ0v) is 21.5. The second kappa shape index (κ2) is 13.4. The molecule has 0 aliphatic carbocycles. The van der Waals surface area contributed by atoms with Crippen LogP contribution >= 0.6 is 24.0 Å². The number of nitrogens with zero attached hydrogens (tertiary/aromatic N) is 2. The molecule has 1 atom stereocenters. The zero-order valence-electron chi connectivity index (χ0n) is 19.1. The minimum absolute atomic E-state index is 0. The van der Waals surface area contributed by atoms with Crippen LogP contribution in [0.5, 0.6) is 17.2 Å². The quantitative estimate of drug-likeness (QED) is 0.248. The lowest BCUT2D eigenvalue weighted by Crippen LogP contribution is -2.42. The average Bonchev–Trinajstić information content (AvgIpc) is 3.33. The number of aliphatic imine (C=N–C) groups is 1. The Morgan fingerprint density at radius 1 is 1.03 bits per heavy atom. The number of rotatable bonds is 9. The lowest BCUT2D eigenvalue weighted by molar-refractivity contribution is 0.245. The largest absolute Gasteiger partial charge is 0.508 e. The molecule has 1 heterocycles. The molecule has 0 spiro atoms. The predicted octanol–water partition coefficient (Wildman–Crippen LogP) is 3.92. The van der Waals surface area contributed by atoms with Crippen molar-refractivity contribution in [2.24, 2.45) is 4.99 Å². The third kappa shape index (κ3) is 7.16. The van der Waals surface area contributed by atoms with Crippen LogP contribution in [0.15, 0.2) is 47.5 Å². The molecule has 3 rings (SSSR count). The van der Waals surface area contributed by atoms with Crippen molar-refractivity contribution in [3.05, 3.63) is 53.6 Å². The highest BCUT2D eigenvalue weighted by atomic mass is 127. The fourth-order valence-corrected chi connectivity index (χ4v) is 3.85. The van der Waals surface area contributed by atoms with Gasteiger partial charge in [-0.05, 0) is 68.8 Å². The van der Waals surface area contributed by atoms with E-state index in [-0.39, 0.29) is 35.8 Å². The number of phenols is 1. The first-order valence-electron chi connectivity index (χ1n) is 10.9. The number of nitrogens with one attached hydrogen (secondary N) is 2. The summed E-state index contributed by atoms with van der Waals surface area (Å²) in [5.74, 6) is 2.51. The summed E-state index contributed by atoms with van der Waals surface area (Å²) in [7, 11) is 3.30. The molecule has 2 aromatic carbocycles. The van der Waals surface area contributed by atoms with Crippen molar-refractivity contribution in [2.75, 3.05) is 40.4 Å². The SMILES string of the molecule is CCNC(=NCc1cc(OC)ccc1O)NCC(c1ccc(OC)cc1)N1CCCC1.I. The van der Waals surface area contributed by atoms with Gasteiger partial charge in [0.15, 0.2) is 5.96 Å². The van der Waals surface area contributed by atoms with E-state index < -0.39 is 0 Å². The van der Waals surface area contributed by atoms with Gasteiger partial charge in [-0.1, -0.05) is 12.1 Å². The Bertz CT molecular complexity index is 855. The van der Waals surface area contributed by atoms with Crippen molar-refractivity contribution in [3.8, 4) is 17.2 Å². The molecular weight excluding hydrogens is 519 g/mol.